The van der Waals surface area contributed by atoms with Crippen molar-refractivity contribution in [2.75, 3.05) is 27.7 Å². The molecule has 0 radical (unpaired) electrons. The molecule has 0 N–H and O–H groups in total. The van der Waals surface area contributed by atoms with Crippen LogP contribution in [-0.4, -0.2) is 72.6 Å². The van der Waals surface area contributed by atoms with Crippen molar-refractivity contribution in [3.63, 3.8) is 0 Å². The number of halogens is 3. The van der Waals surface area contributed by atoms with Crippen molar-refractivity contribution >= 4 is 11.8 Å². The predicted octanol–water partition coefficient (Wildman–Crippen LogP) is 4.04. The van der Waals surface area contributed by atoms with Gasteiger partial charge in [0.25, 0.3) is 0 Å². The van der Waals surface area contributed by atoms with Crippen LogP contribution >= 0.6 is 0 Å². The molecule has 8 heteroatoms. The van der Waals surface area contributed by atoms with E-state index in [1.54, 1.807) is 19.0 Å². The van der Waals surface area contributed by atoms with Gasteiger partial charge in [-0.3, -0.25) is 14.5 Å². The van der Waals surface area contributed by atoms with Crippen molar-refractivity contribution < 1.29 is 22.8 Å². The van der Waals surface area contributed by atoms with Gasteiger partial charge in [0.15, 0.2) is 0 Å². The average molecular weight is 476 g/mol. The van der Waals surface area contributed by atoms with Crippen molar-refractivity contribution in [1.29, 1.82) is 0 Å². The number of hydrogen-bond acceptors (Lipinski definition) is 3. The van der Waals surface area contributed by atoms with Crippen molar-refractivity contribution in [3.8, 4) is 0 Å². The lowest BCUT2D eigenvalue weighted by Crippen LogP contribution is -2.62. The van der Waals surface area contributed by atoms with Gasteiger partial charge in [0.1, 0.15) is 12.0 Å². The molecule has 0 spiro atoms. The van der Waals surface area contributed by atoms with Gasteiger partial charge in [-0.25, -0.2) is 0 Å². The molecule has 0 aromatic heterocycles. The maximum Gasteiger partial charge on any atom is 0.406 e. The highest BCUT2D eigenvalue weighted by Gasteiger charge is 2.54. The molecule has 0 saturated heterocycles. The zero-order valence-electron chi connectivity index (χ0n) is 20.5. The Bertz CT molecular complexity index is 1020. The van der Waals surface area contributed by atoms with Gasteiger partial charge in [-0.15, -0.1) is 0 Å². The molecule has 3 rings (SSSR count). The van der Waals surface area contributed by atoms with E-state index in [2.05, 4.69) is 0 Å². The second-order valence-electron chi connectivity index (χ2n) is 9.18. The van der Waals surface area contributed by atoms with Crippen LogP contribution < -0.4 is 0 Å². The summed E-state index contributed by atoms with van der Waals surface area (Å²) >= 11 is 0. The van der Waals surface area contributed by atoms with Gasteiger partial charge in [-0.05, 0) is 49.6 Å². The Labute approximate surface area is 199 Å². The Hall–Kier alpha value is -2.87. The summed E-state index contributed by atoms with van der Waals surface area (Å²) in [5.41, 5.74) is 1.81. The highest BCUT2D eigenvalue weighted by atomic mass is 19.4. The summed E-state index contributed by atoms with van der Waals surface area (Å²) < 4.78 is 40.2. The van der Waals surface area contributed by atoms with Gasteiger partial charge in [-0.1, -0.05) is 48.5 Å². The van der Waals surface area contributed by atoms with Crippen LogP contribution in [0, 0.1) is 0 Å². The number of amides is 2. The molecule has 184 valence electrons. The molecule has 1 aliphatic carbocycles. The predicted molar refractivity (Wildman–Crippen MR) is 125 cm³/mol. The number of nitrogens with zero attached hydrogens (tertiary/aromatic N) is 3. The summed E-state index contributed by atoms with van der Waals surface area (Å²) in [5, 5.41) is 0. The Morgan fingerprint density at radius 1 is 0.941 bits per heavy atom. The van der Waals surface area contributed by atoms with Crippen LogP contribution in [-0.2, 0) is 21.4 Å². The molecular formula is C26H32F3N3O2. The molecule has 0 heterocycles. The number of carbonyl (C=O) groups is 2. The number of rotatable bonds is 6. The quantitative estimate of drug-likeness (QED) is 0.593. The molecular weight excluding hydrogens is 443 g/mol. The topological polar surface area (TPSA) is 43.9 Å². The fraction of sp³-hybridized carbons (Fsp3) is 0.462. The third-order valence-corrected chi connectivity index (χ3v) is 7.25. The fourth-order valence-corrected chi connectivity index (χ4v) is 5.13. The lowest BCUT2D eigenvalue weighted by atomic mass is 9.61. The van der Waals surface area contributed by atoms with Crippen LogP contribution in [0.2, 0.25) is 0 Å². The first-order valence-corrected chi connectivity index (χ1v) is 11.3. The molecule has 2 amide bonds. The molecule has 5 nitrogen and oxygen atoms in total. The van der Waals surface area contributed by atoms with Gasteiger partial charge in [0.05, 0.1) is 6.17 Å². The van der Waals surface area contributed by atoms with Crippen LogP contribution in [0.3, 0.4) is 0 Å². The SMILES string of the molecule is CC(=O)N(C)C(C)N(C)C(C)C1(C(=O)N(C)CC(F)(F)F)c2ccccc2Cc2ccccc21. The Morgan fingerprint density at radius 2 is 1.41 bits per heavy atom. The molecule has 2 unspecified atom stereocenters. The Morgan fingerprint density at radius 3 is 1.85 bits per heavy atom. The number of likely N-dealkylation sites (N-methyl/N-ethyl adjacent to an activating group) is 2. The standard InChI is InChI=1S/C26H32F3N3O2/c1-17(31(5)18(2)32(6)19(3)33)26(24(34)30(4)16-25(27,28)29)22-13-9-7-11-20(22)15-21-12-8-10-14-23(21)26/h7-14,17-18H,15-16H2,1-6H3. The van der Waals surface area contributed by atoms with Gasteiger partial charge in [0, 0.05) is 27.1 Å². The molecule has 2 aromatic carbocycles. The van der Waals surface area contributed by atoms with Crippen molar-refractivity contribution in [3.05, 3.63) is 70.8 Å². The molecule has 0 saturated carbocycles. The van der Waals surface area contributed by atoms with Crippen LogP contribution in [0.1, 0.15) is 43.0 Å². The minimum absolute atomic E-state index is 0.148. The highest BCUT2D eigenvalue weighted by molar-refractivity contribution is 5.95. The Balaban J connectivity index is 2.28. The molecule has 0 bridgehead atoms. The third-order valence-electron chi connectivity index (χ3n) is 7.25. The lowest BCUT2D eigenvalue weighted by molar-refractivity contribution is -0.163. The largest absolute Gasteiger partial charge is 0.406 e. The normalized spacial score (nSPS) is 16.3. The van der Waals surface area contributed by atoms with Crippen LogP contribution in [0.15, 0.2) is 48.5 Å². The number of carbonyl (C=O) groups excluding carboxylic acids is 2. The van der Waals surface area contributed by atoms with E-state index < -0.39 is 36.3 Å². The average Bonchev–Trinajstić information content (AvgIpc) is 2.78. The number of benzene rings is 2. The lowest BCUT2D eigenvalue weighted by Gasteiger charge is -2.50. The van der Waals surface area contributed by atoms with Gasteiger partial charge in [0.2, 0.25) is 11.8 Å². The van der Waals surface area contributed by atoms with E-state index in [0.717, 1.165) is 16.0 Å². The molecule has 34 heavy (non-hydrogen) atoms. The first-order chi connectivity index (χ1) is 15.8. The maximum absolute atomic E-state index is 14.2. The number of fused-ring (bicyclic) bond motifs is 2. The second-order valence-corrected chi connectivity index (χ2v) is 9.18. The van der Waals surface area contributed by atoms with E-state index in [9.17, 15) is 22.8 Å². The van der Waals surface area contributed by atoms with Crippen LogP contribution in [0.4, 0.5) is 13.2 Å². The molecule has 0 fully saturated rings. The molecule has 2 atom stereocenters. The third kappa shape index (κ3) is 4.43. The van der Waals surface area contributed by atoms with E-state index in [-0.39, 0.29) is 5.91 Å². The highest BCUT2D eigenvalue weighted by Crippen LogP contribution is 2.47. The number of hydrogen-bond donors (Lipinski definition) is 0. The molecule has 0 aliphatic heterocycles. The first kappa shape index (κ1) is 25.7. The van der Waals surface area contributed by atoms with Gasteiger partial charge >= 0.3 is 6.18 Å². The van der Waals surface area contributed by atoms with E-state index in [0.29, 0.717) is 17.5 Å². The fourth-order valence-electron chi connectivity index (χ4n) is 5.13. The van der Waals surface area contributed by atoms with Crippen molar-refractivity contribution in [2.45, 2.75) is 51.0 Å². The Kier molecular flexibility index (Phi) is 7.12. The monoisotopic (exact) mass is 475 g/mol. The smallest absolute Gasteiger partial charge is 0.336 e. The number of alkyl halides is 3. The van der Waals surface area contributed by atoms with E-state index in [1.165, 1.54) is 14.0 Å². The van der Waals surface area contributed by atoms with Crippen molar-refractivity contribution in [2.24, 2.45) is 0 Å². The summed E-state index contributed by atoms with van der Waals surface area (Å²) in [4.78, 5) is 30.5. The van der Waals surface area contributed by atoms with E-state index in [1.807, 2.05) is 67.3 Å². The first-order valence-electron chi connectivity index (χ1n) is 11.3. The van der Waals surface area contributed by atoms with Crippen LogP contribution in [0.25, 0.3) is 0 Å². The summed E-state index contributed by atoms with van der Waals surface area (Å²) in [5.74, 6) is -0.771. The molecule has 1 aliphatic rings. The van der Waals surface area contributed by atoms with Crippen LogP contribution in [0.5, 0.6) is 0 Å². The minimum atomic E-state index is -4.53. The van der Waals surface area contributed by atoms with Gasteiger partial charge in [-0.2, -0.15) is 13.2 Å². The summed E-state index contributed by atoms with van der Waals surface area (Å²) in [6.07, 6.45) is -4.34. The minimum Gasteiger partial charge on any atom is -0.336 e. The summed E-state index contributed by atoms with van der Waals surface area (Å²) in [7, 11) is 4.67. The van der Waals surface area contributed by atoms with Crippen molar-refractivity contribution in [1.82, 2.24) is 14.7 Å². The second kappa shape index (κ2) is 9.41. The summed E-state index contributed by atoms with van der Waals surface area (Å²) in [6, 6.07) is 14.3. The molecule has 2 aromatic rings. The maximum atomic E-state index is 14.2. The zero-order chi connectivity index (χ0) is 25.4. The van der Waals surface area contributed by atoms with E-state index >= 15 is 0 Å². The van der Waals surface area contributed by atoms with E-state index in [4.69, 9.17) is 0 Å². The van der Waals surface area contributed by atoms with Gasteiger partial charge < -0.3 is 9.80 Å². The zero-order valence-corrected chi connectivity index (χ0v) is 20.5. The summed E-state index contributed by atoms with van der Waals surface area (Å²) in [6.45, 7) is 3.80.